The Hall–Kier alpha value is -0.0800. The van der Waals surface area contributed by atoms with Gasteiger partial charge in [0.2, 0.25) is 0 Å². The smallest absolute Gasteiger partial charge is 0.0700 e. The van der Waals surface area contributed by atoms with E-state index in [1.807, 2.05) is 6.92 Å². The summed E-state index contributed by atoms with van der Waals surface area (Å²) in [5, 5.41) is 0. The van der Waals surface area contributed by atoms with E-state index in [2.05, 4.69) is 6.92 Å². The first-order valence-corrected chi connectivity index (χ1v) is 4.57. The molecule has 2 nitrogen and oxygen atoms in total. The maximum atomic E-state index is 5.31. The van der Waals surface area contributed by atoms with E-state index in [1.165, 1.54) is 19.3 Å². The average Bonchev–Trinajstić information content (AvgIpc) is 2.03. The molecule has 0 aromatic carbocycles. The van der Waals surface area contributed by atoms with Crippen molar-refractivity contribution in [3.8, 4) is 0 Å². The van der Waals surface area contributed by atoms with Crippen molar-refractivity contribution < 1.29 is 9.47 Å². The lowest BCUT2D eigenvalue weighted by molar-refractivity contribution is 0.0514. The fraction of sp³-hybridized carbons (Fsp3) is 1.00. The number of ether oxygens (including phenoxy) is 2. The highest BCUT2D eigenvalue weighted by Gasteiger charge is 1.87. The first-order chi connectivity index (χ1) is 5.41. The molecule has 0 fully saturated rings. The molecule has 0 aliphatic carbocycles. The van der Waals surface area contributed by atoms with Crippen LogP contribution in [0, 0.1) is 0 Å². The van der Waals surface area contributed by atoms with Gasteiger partial charge in [-0.05, 0) is 13.3 Å². The molecule has 0 atom stereocenters. The summed E-state index contributed by atoms with van der Waals surface area (Å²) in [7, 11) is 0. The maximum absolute atomic E-state index is 5.31. The van der Waals surface area contributed by atoms with Crippen LogP contribution in [-0.4, -0.2) is 26.4 Å². The van der Waals surface area contributed by atoms with Crippen LogP contribution in [0.15, 0.2) is 0 Å². The van der Waals surface area contributed by atoms with Gasteiger partial charge in [0.05, 0.1) is 13.2 Å². The summed E-state index contributed by atoms with van der Waals surface area (Å²) in [5.74, 6) is 0. The van der Waals surface area contributed by atoms with Crippen molar-refractivity contribution in [2.45, 2.75) is 33.1 Å². The number of hydrogen-bond acceptors (Lipinski definition) is 2. The third-order valence-electron chi connectivity index (χ3n) is 1.47. The average molecular weight is 160 g/mol. The first kappa shape index (κ1) is 10.9. The zero-order chi connectivity index (χ0) is 8.36. The molecule has 2 heteroatoms. The van der Waals surface area contributed by atoms with E-state index in [-0.39, 0.29) is 0 Å². The van der Waals surface area contributed by atoms with Gasteiger partial charge in [-0.2, -0.15) is 0 Å². The van der Waals surface area contributed by atoms with Crippen LogP contribution < -0.4 is 0 Å². The molecule has 0 heterocycles. The van der Waals surface area contributed by atoms with Gasteiger partial charge >= 0.3 is 0 Å². The van der Waals surface area contributed by atoms with Crippen molar-refractivity contribution in [1.29, 1.82) is 0 Å². The Morgan fingerprint density at radius 1 is 0.818 bits per heavy atom. The van der Waals surface area contributed by atoms with Gasteiger partial charge < -0.3 is 9.47 Å². The van der Waals surface area contributed by atoms with E-state index >= 15 is 0 Å². The fourth-order valence-corrected chi connectivity index (χ4v) is 0.818. The summed E-state index contributed by atoms with van der Waals surface area (Å²) in [5.41, 5.74) is 0. The van der Waals surface area contributed by atoms with Crippen molar-refractivity contribution in [2.24, 2.45) is 0 Å². The molecule has 0 saturated heterocycles. The monoisotopic (exact) mass is 160 g/mol. The van der Waals surface area contributed by atoms with Gasteiger partial charge in [-0.15, -0.1) is 0 Å². The lowest BCUT2D eigenvalue weighted by atomic mass is 10.3. The minimum absolute atomic E-state index is 0.739. The molecule has 0 aliphatic heterocycles. The molecule has 0 amide bonds. The molecule has 0 spiro atoms. The third-order valence-corrected chi connectivity index (χ3v) is 1.47. The van der Waals surface area contributed by atoms with E-state index < -0.39 is 0 Å². The minimum atomic E-state index is 0.739. The first-order valence-electron chi connectivity index (χ1n) is 4.57. The number of unbranched alkanes of at least 4 members (excludes halogenated alkanes) is 2. The molecule has 0 bridgehead atoms. The molecular formula is C9H20O2. The van der Waals surface area contributed by atoms with E-state index in [9.17, 15) is 0 Å². The van der Waals surface area contributed by atoms with Crippen molar-refractivity contribution in [3.63, 3.8) is 0 Å². The van der Waals surface area contributed by atoms with Crippen LogP contribution >= 0.6 is 0 Å². The Bertz CT molecular complexity index is 56.6. The van der Waals surface area contributed by atoms with Crippen molar-refractivity contribution in [1.82, 2.24) is 0 Å². The number of hydrogen-bond donors (Lipinski definition) is 0. The van der Waals surface area contributed by atoms with Crippen LogP contribution in [0.1, 0.15) is 33.1 Å². The zero-order valence-electron chi connectivity index (χ0n) is 7.77. The van der Waals surface area contributed by atoms with Gasteiger partial charge in [-0.25, -0.2) is 0 Å². The van der Waals surface area contributed by atoms with Crippen LogP contribution in [0.4, 0.5) is 0 Å². The van der Waals surface area contributed by atoms with E-state index in [1.54, 1.807) is 0 Å². The Kier molecular flexibility index (Phi) is 9.85. The Morgan fingerprint density at radius 2 is 1.55 bits per heavy atom. The van der Waals surface area contributed by atoms with Crippen LogP contribution in [0.25, 0.3) is 0 Å². The molecule has 68 valence electrons. The normalized spacial score (nSPS) is 10.4. The van der Waals surface area contributed by atoms with Gasteiger partial charge in [-0.3, -0.25) is 0 Å². The maximum Gasteiger partial charge on any atom is 0.0700 e. The molecule has 0 aromatic heterocycles. The topological polar surface area (TPSA) is 18.5 Å². The Balaban J connectivity index is 2.69. The van der Waals surface area contributed by atoms with E-state index in [4.69, 9.17) is 9.47 Å². The molecule has 0 saturated carbocycles. The highest BCUT2D eigenvalue weighted by molar-refractivity contribution is 4.36. The van der Waals surface area contributed by atoms with Gasteiger partial charge in [-0.1, -0.05) is 19.8 Å². The largest absolute Gasteiger partial charge is 0.379 e. The van der Waals surface area contributed by atoms with Crippen LogP contribution in [0.5, 0.6) is 0 Å². The van der Waals surface area contributed by atoms with Gasteiger partial charge in [0.1, 0.15) is 0 Å². The fourth-order valence-electron chi connectivity index (χ4n) is 0.818. The molecular weight excluding hydrogens is 140 g/mol. The molecule has 0 aliphatic rings. The standard InChI is InChI=1S/C9H20O2/c1-3-5-6-7-11-9-8-10-4-2/h3-9H2,1-2H3. The lowest BCUT2D eigenvalue weighted by Crippen LogP contribution is -2.04. The second kappa shape index (κ2) is 9.92. The minimum Gasteiger partial charge on any atom is -0.379 e. The van der Waals surface area contributed by atoms with Gasteiger partial charge in [0.15, 0.2) is 0 Å². The van der Waals surface area contributed by atoms with Gasteiger partial charge in [0.25, 0.3) is 0 Å². The van der Waals surface area contributed by atoms with Crippen molar-refractivity contribution >= 4 is 0 Å². The summed E-state index contributed by atoms with van der Waals surface area (Å²) in [6.07, 6.45) is 3.71. The third kappa shape index (κ3) is 9.92. The summed E-state index contributed by atoms with van der Waals surface area (Å²) >= 11 is 0. The van der Waals surface area contributed by atoms with E-state index in [0.29, 0.717) is 0 Å². The Labute approximate surface area is 69.9 Å². The Morgan fingerprint density at radius 3 is 2.18 bits per heavy atom. The van der Waals surface area contributed by atoms with Crippen molar-refractivity contribution in [3.05, 3.63) is 0 Å². The predicted molar refractivity (Wildman–Crippen MR) is 46.8 cm³/mol. The van der Waals surface area contributed by atoms with Crippen LogP contribution in [0.3, 0.4) is 0 Å². The summed E-state index contributed by atoms with van der Waals surface area (Å²) in [6.45, 7) is 7.36. The highest BCUT2D eigenvalue weighted by Crippen LogP contribution is 1.93. The lowest BCUT2D eigenvalue weighted by Gasteiger charge is -2.02. The highest BCUT2D eigenvalue weighted by atomic mass is 16.5. The zero-order valence-corrected chi connectivity index (χ0v) is 7.77. The molecule has 0 N–H and O–H groups in total. The van der Waals surface area contributed by atoms with Crippen molar-refractivity contribution in [2.75, 3.05) is 26.4 Å². The summed E-state index contributed by atoms with van der Waals surface area (Å²) < 4.78 is 10.4. The quantitative estimate of drug-likeness (QED) is 0.507. The second-order valence-electron chi connectivity index (χ2n) is 2.52. The molecule has 0 radical (unpaired) electrons. The van der Waals surface area contributed by atoms with E-state index in [0.717, 1.165) is 26.4 Å². The predicted octanol–water partition coefficient (Wildman–Crippen LogP) is 2.23. The summed E-state index contributed by atoms with van der Waals surface area (Å²) in [4.78, 5) is 0. The van der Waals surface area contributed by atoms with Crippen LogP contribution in [0.2, 0.25) is 0 Å². The molecule has 0 unspecified atom stereocenters. The second-order valence-corrected chi connectivity index (χ2v) is 2.52. The molecule has 0 aromatic rings. The SMILES string of the molecule is CCCCCOCCOCC. The van der Waals surface area contributed by atoms with Gasteiger partial charge in [0, 0.05) is 13.2 Å². The number of rotatable bonds is 8. The molecule has 11 heavy (non-hydrogen) atoms. The molecule has 0 rings (SSSR count). The summed E-state index contributed by atoms with van der Waals surface area (Å²) in [6, 6.07) is 0. The van der Waals surface area contributed by atoms with Crippen LogP contribution in [-0.2, 0) is 9.47 Å².